The lowest BCUT2D eigenvalue weighted by molar-refractivity contribution is -0.118. The number of thiophene rings is 1. The van der Waals surface area contributed by atoms with Gasteiger partial charge in [0.2, 0.25) is 5.91 Å². The van der Waals surface area contributed by atoms with Crippen LogP contribution in [0.25, 0.3) is 0 Å². The summed E-state index contributed by atoms with van der Waals surface area (Å²) in [6.45, 7) is 3.90. The summed E-state index contributed by atoms with van der Waals surface area (Å²) in [5.74, 6) is -0.892. The molecule has 0 aliphatic heterocycles. The number of nitrogens with one attached hydrogen (secondary N) is 3. The molecule has 1 aliphatic rings. The molecule has 200 valence electrons. The van der Waals surface area contributed by atoms with E-state index in [2.05, 4.69) is 25.9 Å². The van der Waals surface area contributed by atoms with Gasteiger partial charge in [0.15, 0.2) is 0 Å². The van der Waals surface area contributed by atoms with Crippen molar-refractivity contribution in [3.05, 3.63) is 68.9 Å². The molecule has 0 saturated heterocycles. The fourth-order valence-corrected chi connectivity index (χ4v) is 5.62. The van der Waals surface area contributed by atoms with Crippen molar-refractivity contribution in [2.45, 2.75) is 58.0 Å². The van der Waals surface area contributed by atoms with Crippen LogP contribution in [0.5, 0.6) is 0 Å². The number of hydrogen-bond acceptors (Lipinski definition) is 7. The molecule has 3 heterocycles. The topological polar surface area (TPSA) is 139 Å². The average Bonchev–Trinajstić information content (AvgIpc) is 3.59. The minimum absolute atomic E-state index is 0.0750. The van der Waals surface area contributed by atoms with Crippen LogP contribution in [-0.2, 0) is 4.79 Å². The molecular weight excluding hydrogens is 524 g/mol. The summed E-state index contributed by atoms with van der Waals surface area (Å²) in [5, 5.41) is 9.70. The highest BCUT2D eigenvalue weighted by Crippen LogP contribution is 2.30. The number of carbonyl (C=O) groups is 3. The zero-order chi connectivity index (χ0) is 27.2. The number of amides is 3. The maximum atomic E-state index is 13.2. The molecule has 1 aliphatic carbocycles. The first-order chi connectivity index (χ1) is 18.2. The summed E-state index contributed by atoms with van der Waals surface area (Å²) < 4.78 is 0. The first-order valence-corrected chi connectivity index (χ1v) is 13.7. The Bertz CT molecular complexity index is 1310. The molecule has 4 rings (SSSR count). The Morgan fingerprint density at radius 3 is 2.58 bits per heavy atom. The third-order valence-corrected chi connectivity index (χ3v) is 8.13. The highest BCUT2D eigenvalue weighted by atomic mass is 35.5. The molecule has 11 heteroatoms. The van der Waals surface area contributed by atoms with E-state index in [1.807, 2.05) is 26.0 Å². The molecule has 5 N–H and O–H groups in total. The van der Waals surface area contributed by atoms with Crippen molar-refractivity contribution in [3.63, 3.8) is 0 Å². The molecule has 3 aromatic rings. The van der Waals surface area contributed by atoms with E-state index in [9.17, 15) is 14.4 Å². The number of aromatic nitrogens is 2. The van der Waals surface area contributed by atoms with Crippen LogP contribution in [0.2, 0.25) is 5.02 Å². The number of nitrogens with two attached hydrogens (primary N) is 1. The highest BCUT2D eigenvalue weighted by molar-refractivity contribution is 7.14. The first-order valence-electron chi connectivity index (χ1n) is 12.6. The number of pyridine rings is 2. The number of anilines is 2. The van der Waals surface area contributed by atoms with Gasteiger partial charge in [-0.1, -0.05) is 37.3 Å². The fraction of sp³-hybridized carbons (Fsp3) is 0.370. The van der Waals surface area contributed by atoms with Gasteiger partial charge in [-0.15, -0.1) is 11.3 Å². The van der Waals surface area contributed by atoms with Gasteiger partial charge < -0.3 is 21.7 Å². The van der Waals surface area contributed by atoms with Crippen LogP contribution in [-0.4, -0.2) is 33.7 Å². The van der Waals surface area contributed by atoms with Gasteiger partial charge in [0, 0.05) is 11.1 Å². The van der Waals surface area contributed by atoms with Gasteiger partial charge in [0.25, 0.3) is 11.8 Å². The molecular formula is C27H31ClN6O3S. The van der Waals surface area contributed by atoms with Crippen LogP contribution >= 0.6 is 22.9 Å². The molecule has 0 aromatic carbocycles. The van der Waals surface area contributed by atoms with Crippen molar-refractivity contribution < 1.29 is 14.4 Å². The summed E-state index contributed by atoms with van der Waals surface area (Å²) in [4.78, 5) is 47.4. The maximum Gasteiger partial charge on any atom is 0.267 e. The second-order valence-corrected chi connectivity index (χ2v) is 11.1. The quantitative estimate of drug-likeness (QED) is 0.275. The smallest absolute Gasteiger partial charge is 0.267 e. The third-order valence-electron chi connectivity index (χ3n) is 6.65. The molecule has 2 atom stereocenters. The number of primary amides is 1. The van der Waals surface area contributed by atoms with Crippen LogP contribution in [0.4, 0.5) is 11.4 Å². The van der Waals surface area contributed by atoms with Gasteiger partial charge in [-0.3, -0.25) is 19.4 Å². The zero-order valence-corrected chi connectivity index (χ0v) is 22.9. The van der Waals surface area contributed by atoms with Crippen molar-refractivity contribution in [1.29, 1.82) is 0 Å². The minimum Gasteiger partial charge on any atom is -0.376 e. The molecule has 1 fully saturated rings. The van der Waals surface area contributed by atoms with Gasteiger partial charge >= 0.3 is 0 Å². The molecule has 38 heavy (non-hydrogen) atoms. The van der Waals surface area contributed by atoms with Crippen LogP contribution in [0.1, 0.15) is 75.8 Å². The van der Waals surface area contributed by atoms with Crippen LogP contribution in [0.3, 0.4) is 0 Å². The Balaban J connectivity index is 1.43. The van der Waals surface area contributed by atoms with Crippen molar-refractivity contribution in [3.8, 4) is 0 Å². The molecule has 9 nitrogen and oxygen atoms in total. The molecule has 2 unspecified atom stereocenters. The third kappa shape index (κ3) is 7.08. The Labute approximate surface area is 230 Å². The zero-order valence-electron chi connectivity index (χ0n) is 21.3. The van der Waals surface area contributed by atoms with Crippen molar-refractivity contribution in [2.75, 3.05) is 10.6 Å². The Hall–Kier alpha value is -3.50. The normalized spacial score (nSPS) is 15.0. The maximum absolute atomic E-state index is 13.2. The lowest BCUT2D eigenvalue weighted by Crippen LogP contribution is -2.44. The van der Waals surface area contributed by atoms with Gasteiger partial charge in [0.1, 0.15) is 11.7 Å². The lowest BCUT2D eigenvalue weighted by atomic mass is 9.97. The van der Waals surface area contributed by atoms with E-state index in [0.717, 1.165) is 41.9 Å². The molecule has 0 spiro atoms. The summed E-state index contributed by atoms with van der Waals surface area (Å²) >= 11 is 7.46. The van der Waals surface area contributed by atoms with Gasteiger partial charge in [0.05, 0.1) is 39.2 Å². The van der Waals surface area contributed by atoms with E-state index >= 15 is 0 Å². The van der Waals surface area contributed by atoms with Gasteiger partial charge in [-0.05, 0) is 56.5 Å². The Morgan fingerprint density at radius 2 is 1.89 bits per heavy atom. The summed E-state index contributed by atoms with van der Waals surface area (Å²) in [5.41, 5.74) is 7.43. The second-order valence-electron chi connectivity index (χ2n) is 9.55. The SMILES string of the molecule is Cc1ncc(Cl)cc1NC(C)c1ccc(C(=O)NC(CC2CCCC2)C(=O)Nc2ccc(C(N)=O)nc2)s1. The summed E-state index contributed by atoms with van der Waals surface area (Å²) in [7, 11) is 0. The Morgan fingerprint density at radius 1 is 1.13 bits per heavy atom. The van der Waals surface area contributed by atoms with Crippen LogP contribution in [0.15, 0.2) is 42.7 Å². The van der Waals surface area contributed by atoms with Crippen molar-refractivity contribution in [2.24, 2.45) is 11.7 Å². The summed E-state index contributed by atoms with van der Waals surface area (Å²) in [6, 6.07) is 7.74. The van der Waals surface area contributed by atoms with E-state index in [4.69, 9.17) is 17.3 Å². The highest BCUT2D eigenvalue weighted by Gasteiger charge is 2.28. The van der Waals surface area contributed by atoms with Crippen molar-refractivity contribution in [1.82, 2.24) is 15.3 Å². The first kappa shape index (κ1) is 27.5. The number of halogens is 1. The lowest BCUT2D eigenvalue weighted by Gasteiger charge is -2.21. The number of rotatable bonds is 10. The molecule has 0 bridgehead atoms. The van der Waals surface area contributed by atoms with E-state index in [-0.39, 0.29) is 23.6 Å². The van der Waals surface area contributed by atoms with E-state index < -0.39 is 11.9 Å². The molecule has 1 saturated carbocycles. The number of nitrogens with zero attached hydrogens (tertiary/aromatic N) is 2. The summed E-state index contributed by atoms with van der Waals surface area (Å²) in [6.07, 6.45) is 7.88. The van der Waals surface area contributed by atoms with Crippen LogP contribution in [0, 0.1) is 12.8 Å². The van der Waals surface area contributed by atoms with E-state index in [0.29, 0.717) is 27.9 Å². The van der Waals surface area contributed by atoms with Gasteiger partial charge in [-0.2, -0.15) is 0 Å². The predicted octanol–water partition coefficient (Wildman–Crippen LogP) is 5.09. The second kappa shape index (κ2) is 12.4. The Kier molecular flexibility index (Phi) is 8.96. The average molecular weight is 555 g/mol. The van der Waals surface area contributed by atoms with Crippen LogP contribution < -0.4 is 21.7 Å². The predicted molar refractivity (Wildman–Crippen MR) is 150 cm³/mol. The molecule has 3 amide bonds. The van der Waals surface area contributed by atoms with E-state index in [1.54, 1.807) is 18.3 Å². The monoisotopic (exact) mass is 554 g/mol. The minimum atomic E-state index is -0.706. The standard InChI is InChI=1S/C27H31ClN6O3S/c1-15-21(12-18(28)13-30-15)32-16(2)23-9-10-24(38-23)27(37)34-22(11-17-5-3-4-6-17)26(36)33-19-7-8-20(25(29)35)31-14-19/h7-10,12-14,16-17,22,32H,3-6,11H2,1-2H3,(H2,29,35)(H,33,36)(H,34,37). The molecule has 3 aromatic heterocycles. The number of hydrogen-bond donors (Lipinski definition) is 4. The largest absolute Gasteiger partial charge is 0.376 e. The number of carbonyl (C=O) groups excluding carboxylic acids is 3. The number of aryl methyl sites for hydroxylation is 1. The molecule has 0 radical (unpaired) electrons. The fourth-order valence-electron chi connectivity index (χ4n) is 4.55. The van der Waals surface area contributed by atoms with Gasteiger partial charge in [-0.25, -0.2) is 4.98 Å². The van der Waals surface area contributed by atoms with E-state index in [1.165, 1.54) is 23.6 Å². The van der Waals surface area contributed by atoms with Crippen molar-refractivity contribution >= 4 is 52.0 Å².